The highest BCUT2D eigenvalue weighted by Crippen LogP contribution is 2.21. The second-order valence-corrected chi connectivity index (χ2v) is 5.01. The highest BCUT2D eigenvalue weighted by Gasteiger charge is 2.13. The normalized spacial score (nSPS) is 18.4. The average Bonchev–Trinajstić information content (AvgIpc) is 2.38. The third-order valence-corrected chi connectivity index (χ3v) is 3.18. The third-order valence-electron chi connectivity index (χ3n) is 3.18. The predicted octanol–water partition coefficient (Wildman–Crippen LogP) is 3.46. The van der Waals surface area contributed by atoms with Gasteiger partial charge in [-0.15, -0.1) is 0 Å². The van der Waals surface area contributed by atoms with E-state index in [9.17, 15) is 4.79 Å². The van der Waals surface area contributed by atoms with Gasteiger partial charge in [0.05, 0.1) is 0 Å². The molecule has 2 heteroatoms. The number of Topliss-reactive ketones (excluding diaryl/α,β-unsaturated/α-hetero) is 1. The minimum absolute atomic E-state index is 0.114. The van der Waals surface area contributed by atoms with Gasteiger partial charge in [0.25, 0.3) is 0 Å². The lowest BCUT2D eigenvalue weighted by atomic mass is 9.93. The molecule has 1 unspecified atom stereocenters. The van der Waals surface area contributed by atoms with Crippen LogP contribution in [0.1, 0.15) is 23.7 Å². The average molecular weight is 241 g/mol. The fraction of sp³-hybridized carbons (Fsp3) is 0.312. The molecular weight excluding hydrogens is 222 g/mol. The molecule has 1 atom stereocenters. The van der Waals surface area contributed by atoms with E-state index in [-0.39, 0.29) is 5.78 Å². The molecule has 0 fully saturated rings. The van der Waals surface area contributed by atoms with Gasteiger partial charge in [-0.2, -0.15) is 0 Å². The van der Waals surface area contributed by atoms with Crippen LogP contribution in [-0.4, -0.2) is 19.9 Å². The van der Waals surface area contributed by atoms with Crippen LogP contribution >= 0.6 is 0 Å². The van der Waals surface area contributed by atoms with E-state index >= 15 is 0 Å². The summed E-state index contributed by atoms with van der Waals surface area (Å²) in [6.45, 7) is 2.13. The van der Waals surface area contributed by atoms with Crippen LogP contribution in [0.5, 0.6) is 0 Å². The summed E-state index contributed by atoms with van der Waals surface area (Å²) in [6.07, 6.45) is 7.09. The molecule has 0 N–H and O–H groups in total. The maximum Gasteiger partial charge on any atom is 0.192 e. The van der Waals surface area contributed by atoms with Crippen molar-refractivity contribution in [2.45, 2.75) is 13.3 Å². The number of allylic oxidation sites excluding steroid dienone is 4. The molecule has 18 heavy (non-hydrogen) atoms. The molecule has 1 aromatic rings. The fourth-order valence-corrected chi connectivity index (χ4v) is 2.07. The number of ketones is 1. The molecule has 1 aromatic carbocycles. The molecule has 1 aliphatic carbocycles. The van der Waals surface area contributed by atoms with E-state index in [2.05, 4.69) is 19.1 Å². The molecule has 0 bridgehead atoms. The standard InChI is InChI=1S/C16H19NO/c1-12-5-4-6-14(11-12)16(18)13-7-9-15(10-8-13)17(2)3/h4,6-12H,5H2,1-3H3. The van der Waals surface area contributed by atoms with E-state index in [0.29, 0.717) is 5.92 Å². The molecule has 0 amide bonds. The minimum atomic E-state index is 0.114. The summed E-state index contributed by atoms with van der Waals surface area (Å²) in [7, 11) is 3.98. The molecule has 0 radical (unpaired) electrons. The zero-order chi connectivity index (χ0) is 13.1. The lowest BCUT2D eigenvalue weighted by molar-refractivity contribution is 0.103. The molecule has 0 spiro atoms. The van der Waals surface area contributed by atoms with Crippen molar-refractivity contribution >= 4 is 11.5 Å². The number of anilines is 1. The molecule has 1 aliphatic rings. The molecule has 2 rings (SSSR count). The zero-order valence-electron chi connectivity index (χ0n) is 11.2. The Balaban J connectivity index is 2.21. The van der Waals surface area contributed by atoms with Crippen LogP contribution < -0.4 is 4.90 Å². The first kappa shape index (κ1) is 12.6. The van der Waals surface area contributed by atoms with Crippen molar-refractivity contribution in [1.29, 1.82) is 0 Å². The van der Waals surface area contributed by atoms with E-state index in [1.165, 1.54) is 0 Å². The lowest BCUT2D eigenvalue weighted by Gasteiger charge is -2.14. The highest BCUT2D eigenvalue weighted by atomic mass is 16.1. The maximum atomic E-state index is 12.3. The van der Waals surface area contributed by atoms with E-state index in [4.69, 9.17) is 0 Å². The van der Waals surface area contributed by atoms with Gasteiger partial charge in [-0.3, -0.25) is 4.79 Å². The van der Waals surface area contributed by atoms with Gasteiger partial charge in [0.2, 0.25) is 0 Å². The van der Waals surface area contributed by atoms with Gasteiger partial charge in [-0.25, -0.2) is 0 Å². The Morgan fingerprint density at radius 2 is 1.89 bits per heavy atom. The van der Waals surface area contributed by atoms with Crippen molar-refractivity contribution < 1.29 is 4.79 Å². The largest absolute Gasteiger partial charge is 0.378 e. The number of carbonyl (C=O) groups is 1. The lowest BCUT2D eigenvalue weighted by Crippen LogP contribution is -2.10. The zero-order valence-corrected chi connectivity index (χ0v) is 11.2. The summed E-state index contributed by atoms with van der Waals surface area (Å²) < 4.78 is 0. The Morgan fingerprint density at radius 1 is 1.22 bits per heavy atom. The van der Waals surface area contributed by atoms with Crippen molar-refractivity contribution in [3.05, 3.63) is 53.6 Å². The van der Waals surface area contributed by atoms with Crippen molar-refractivity contribution in [3.63, 3.8) is 0 Å². The van der Waals surface area contributed by atoms with Gasteiger partial charge in [0, 0.05) is 30.9 Å². The van der Waals surface area contributed by atoms with Crippen LogP contribution in [0, 0.1) is 5.92 Å². The Kier molecular flexibility index (Phi) is 3.66. The number of hydrogen-bond acceptors (Lipinski definition) is 2. The summed E-state index contributed by atoms with van der Waals surface area (Å²) in [5.41, 5.74) is 2.67. The van der Waals surface area contributed by atoms with Gasteiger partial charge < -0.3 is 4.90 Å². The first-order valence-corrected chi connectivity index (χ1v) is 6.28. The molecule has 0 heterocycles. The summed E-state index contributed by atoms with van der Waals surface area (Å²) in [5, 5.41) is 0. The Morgan fingerprint density at radius 3 is 2.44 bits per heavy atom. The van der Waals surface area contributed by atoms with Crippen LogP contribution in [0.3, 0.4) is 0 Å². The van der Waals surface area contributed by atoms with Gasteiger partial charge in [0.1, 0.15) is 0 Å². The molecule has 0 saturated heterocycles. The van der Waals surface area contributed by atoms with Crippen LogP contribution in [-0.2, 0) is 0 Å². The van der Waals surface area contributed by atoms with Gasteiger partial charge in [0.15, 0.2) is 5.78 Å². The first-order chi connectivity index (χ1) is 8.58. The van der Waals surface area contributed by atoms with Gasteiger partial charge in [-0.1, -0.05) is 25.2 Å². The second-order valence-electron chi connectivity index (χ2n) is 5.01. The van der Waals surface area contributed by atoms with Crippen molar-refractivity contribution in [3.8, 4) is 0 Å². The van der Waals surface area contributed by atoms with E-state index in [1.54, 1.807) is 0 Å². The SMILES string of the molecule is CC1C=C(C(=O)c2ccc(N(C)C)cc2)C=CC1. The highest BCUT2D eigenvalue weighted by molar-refractivity contribution is 6.10. The van der Waals surface area contributed by atoms with Crippen molar-refractivity contribution in [2.24, 2.45) is 5.92 Å². The smallest absolute Gasteiger partial charge is 0.192 e. The van der Waals surface area contributed by atoms with Crippen LogP contribution in [0.25, 0.3) is 0 Å². The molecule has 2 nitrogen and oxygen atoms in total. The van der Waals surface area contributed by atoms with Crippen molar-refractivity contribution in [1.82, 2.24) is 0 Å². The van der Waals surface area contributed by atoms with Crippen molar-refractivity contribution in [2.75, 3.05) is 19.0 Å². The van der Waals surface area contributed by atoms with Crippen LogP contribution in [0.15, 0.2) is 48.1 Å². The monoisotopic (exact) mass is 241 g/mol. The fourth-order valence-electron chi connectivity index (χ4n) is 2.07. The Bertz CT molecular complexity index is 494. The maximum absolute atomic E-state index is 12.3. The summed E-state index contributed by atoms with van der Waals surface area (Å²) in [4.78, 5) is 14.3. The quantitative estimate of drug-likeness (QED) is 0.755. The molecule has 0 aromatic heterocycles. The number of carbonyl (C=O) groups excluding carboxylic acids is 1. The molecule has 0 aliphatic heterocycles. The number of rotatable bonds is 3. The topological polar surface area (TPSA) is 20.3 Å². The van der Waals surface area contributed by atoms with E-state index < -0.39 is 0 Å². The number of nitrogens with zero attached hydrogens (tertiary/aromatic N) is 1. The molecule has 94 valence electrons. The molecular formula is C16H19NO. The second kappa shape index (κ2) is 5.21. The first-order valence-electron chi connectivity index (χ1n) is 6.28. The summed E-state index contributed by atoms with van der Waals surface area (Å²) in [6, 6.07) is 7.74. The summed E-state index contributed by atoms with van der Waals surface area (Å²) >= 11 is 0. The molecule has 0 saturated carbocycles. The van der Waals surface area contributed by atoms with Gasteiger partial charge >= 0.3 is 0 Å². The van der Waals surface area contributed by atoms with Crippen LogP contribution in [0.4, 0.5) is 5.69 Å². The predicted molar refractivity (Wildman–Crippen MR) is 76.1 cm³/mol. The number of benzene rings is 1. The van der Waals surface area contributed by atoms with E-state index in [1.807, 2.05) is 49.3 Å². The van der Waals surface area contributed by atoms with E-state index in [0.717, 1.165) is 23.2 Å². The number of hydrogen-bond donors (Lipinski definition) is 0. The van der Waals surface area contributed by atoms with Crippen LogP contribution in [0.2, 0.25) is 0 Å². The van der Waals surface area contributed by atoms with Gasteiger partial charge in [-0.05, 0) is 36.6 Å². The third kappa shape index (κ3) is 2.70. The summed E-state index contributed by atoms with van der Waals surface area (Å²) in [5.74, 6) is 0.568. The Labute approximate surface area is 109 Å². The Hall–Kier alpha value is -1.83. The minimum Gasteiger partial charge on any atom is -0.378 e.